The van der Waals surface area contributed by atoms with E-state index in [4.69, 9.17) is 15.7 Å². The predicted molar refractivity (Wildman–Crippen MR) is 282 cm³/mol. The van der Waals surface area contributed by atoms with Crippen molar-refractivity contribution in [3.8, 4) is 38.6 Å². The minimum Gasteiger partial charge on any atom is -0.507 e. The van der Waals surface area contributed by atoms with E-state index in [1.165, 1.54) is 10.5 Å². The number of β-amino-alcohol motifs (C(OH)–C–C–N with tert-alkyl or cyclic N) is 1. The number of aryl methyl sites for hydroxylation is 1. The van der Waals surface area contributed by atoms with Gasteiger partial charge in [-0.3, -0.25) is 14.4 Å². The Morgan fingerprint density at radius 3 is 2.16 bits per heavy atom. The topological polar surface area (TPSA) is 225 Å². The number of aromatic hydroxyl groups is 1. The second-order valence-electron chi connectivity index (χ2n) is 21.5. The van der Waals surface area contributed by atoms with Crippen LogP contribution >= 0.6 is 11.3 Å². The number of amides is 3. The van der Waals surface area contributed by atoms with Crippen LogP contribution in [0.4, 0.5) is 11.5 Å². The Morgan fingerprint density at radius 1 is 0.822 bits per heavy atom. The van der Waals surface area contributed by atoms with Crippen LogP contribution in [0.25, 0.3) is 32.8 Å². The van der Waals surface area contributed by atoms with Gasteiger partial charge in [-0.15, -0.1) is 21.5 Å². The van der Waals surface area contributed by atoms with Gasteiger partial charge in [0.25, 0.3) is 0 Å². The lowest BCUT2D eigenvalue weighted by atomic mass is 9.77. The molecule has 1 saturated carbocycles. The summed E-state index contributed by atoms with van der Waals surface area (Å²) < 4.78 is 0. The molecule has 10 rings (SSSR count). The maximum atomic E-state index is 14.3. The number of para-hydroxylation sites is 1. The number of anilines is 2. The van der Waals surface area contributed by atoms with Crippen LogP contribution in [0.5, 0.6) is 5.75 Å². The molecule has 3 amide bonds. The third-order valence-corrected chi connectivity index (χ3v) is 16.3. The SMILES string of the molecule is Cc1ncsc1-c1ccc(CNC(=O)[C@@H]2C[C@@H](O)CN2C(=O)[C@@H](NC(=O)[C@H]2CC[C@H](c3ccc(-c4cnc(C5CC6CN(c7cc(-c8ccccc8O)nnc7N)CC(C5)N6)nc4)cc3)CC2)C(C)(C)C)cc1. The number of aromatic nitrogens is 5. The number of aliphatic hydroxyl groups is 1. The molecule has 73 heavy (non-hydrogen) atoms. The Morgan fingerprint density at radius 2 is 1.51 bits per heavy atom. The number of benzene rings is 3. The van der Waals surface area contributed by atoms with Crippen molar-refractivity contribution in [3.63, 3.8) is 0 Å². The van der Waals surface area contributed by atoms with Gasteiger partial charge in [0.1, 0.15) is 23.7 Å². The van der Waals surface area contributed by atoms with Crippen LogP contribution in [-0.4, -0.2) is 108 Å². The molecule has 0 spiro atoms. The fraction of sp³-hybridized carbons (Fsp3) is 0.429. The molecule has 2 unspecified atom stereocenters. The monoisotopic (exact) mass is 1000 g/mol. The summed E-state index contributed by atoms with van der Waals surface area (Å²) in [7, 11) is 0. The standard InChI is InChI=1S/C56H65N11O5S/c1-32-49(73-31-61-32)37-11-9-33(10-12-37)25-60-54(71)47-23-43(68)30-67(47)55(72)50(56(2,3)4)63-53(70)38-19-17-35(18-20-38)34-13-15-36(16-14-34)40-26-58-52(59-27-40)39-21-41-28-66(29-42(22-39)62-41)46-24-45(64-65-51(46)57)44-7-5-6-8-48(44)69/h5-16,24,26-27,31,35,38-39,41-43,47,50,62,68-69H,17-23,25,28-30H2,1-4H3,(H2,57,65)(H,60,71)(H,63,70)/t35-,38-,39?,41?,42?,43-,47+,50-/m1/s1. The predicted octanol–water partition coefficient (Wildman–Crippen LogP) is 7.13. The van der Waals surface area contributed by atoms with E-state index in [0.29, 0.717) is 35.8 Å². The zero-order valence-electron chi connectivity index (χ0n) is 41.9. The van der Waals surface area contributed by atoms with Crippen LogP contribution in [0.3, 0.4) is 0 Å². The van der Waals surface area contributed by atoms with E-state index in [2.05, 4.69) is 60.3 Å². The van der Waals surface area contributed by atoms with Gasteiger partial charge in [-0.25, -0.2) is 15.0 Å². The van der Waals surface area contributed by atoms with Crippen LogP contribution in [-0.2, 0) is 20.9 Å². The third-order valence-electron chi connectivity index (χ3n) is 15.4. The molecule has 2 bridgehead atoms. The van der Waals surface area contributed by atoms with E-state index in [0.717, 1.165) is 83.1 Å². The molecule has 4 aliphatic rings. The molecule has 3 saturated heterocycles. The van der Waals surface area contributed by atoms with Gasteiger partial charge < -0.3 is 41.7 Å². The summed E-state index contributed by atoms with van der Waals surface area (Å²) >= 11 is 1.59. The number of nitrogens with one attached hydrogen (secondary N) is 3. The minimum atomic E-state index is -0.874. The van der Waals surface area contributed by atoms with Crippen LogP contribution in [0.1, 0.15) is 100 Å². The zero-order valence-corrected chi connectivity index (χ0v) is 42.7. The number of hydrogen-bond acceptors (Lipinski definition) is 14. The van der Waals surface area contributed by atoms with Crippen LogP contribution in [0, 0.1) is 18.3 Å². The van der Waals surface area contributed by atoms with Gasteiger partial charge in [-0.05, 0) is 97.2 Å². The molecule has 6 aromatic rings. The van der Waals surface area contributed by atoms with E-state index in [9.17, 15) is 24.6 Å². The average Bonchev–Trinajstić information content (AvgIpc) is 4.02. The summed E-state index contributed by atoms with van der Waals surface area (Å²) in [4.78, 5) is 60.8. The summed E-state index contributed by atoms with van der Waals surface area (Å²) in [5.41, 5.74) is 15.8. The third kappa shape index (κ3) is 10.9. The zero-order chi connectivity index (χ0) is 51.0. The Labute approximate surface area is 430 Å². The number of aliphatic hydroxyl groups excluding tert-OH is 1. The smallest absolute Gasteiger partial charge is 0.246 e. The van der Waals surface area contributed by atoms with Crippen LogP contribution in [0.2, 0.25) is 0 Å². The van der Waals surface area contributed by atoms with Gasteiger partial charge in [0.05, 0.1) is 33.6 Å². The highest BCUT2D eigenvalue weighted by molar-refractivity contribution is 7.13. The quantitative estimate of drug-likeness (QED) is 0.0719. The van der Waals surface area contributed by atoms with Crippen molar-refractivity contribution in [2.45, 2.75) is 121 Å². The number of carbonyl (C=O) groups is 3. The highest BCUT2D eigenvalue weighted by atomic mass is 32.1. The van der Waals surface area contributed by atoms with Crippen LogP contribution < -0.4 is 26.6 Å². The number of phenolic OH excluding ortho intramolecular Hbond substituents is 1. The number of carbonyl (C=O) groups excluding carboxylic acids is 3. The molecule has 1 aliphatic carbocycles. The maximum absolute atomic E-state index is 14.3. The lowest BCUT2D eigenvalue weighted by Crippen LogP contribution is -2.60. The fourth-order valence-corrected chi connectivity index (χ4v) is 12.2. The Bertz CT molecular complexity index is 2920. The number of fused-ring (bicyclic) bond motifs is 2. The van der Waals surface area contributed by atoms with Crippen molar-refractivity contribution in [2.24, 2.45) is 11.3 Å². The number of piperazine rings is 1. The van der Waals surface area contributed by atoms with Gasteiger partial charge >= 0.3 is 0 Å². The van der Waals surface area contributed by atoms with Crippen LogP contribution in [0.15, 0.2) is 96.8 Å². The number of likely N-dealkylation sites (tertiary alicyclic amines) is 1. The van der Waals surface area contributed by atoms with Gasteiger partial charge in [0, 0.05) is 80.0 Å². The minimum absolute atomic E-state index is 0.0266. The van der Waals surface area contributed by atoms with Crippen molar-refractivity contribution >= 4 is 40.6 Å². The Balaban J connectivity index is 0.703. The lowest BCUT2D eigenvalue weighted by molar-refractivity contribution is -0.144. The van der Waals surface area contributed by atoms with Gasteiger partial charge in [-0.2, -0.15) is 0 Å². The van der Waals surface area contributed by atoms with E-state index >= 15 is 0 Å². The highest BCUT2D eigenvalue weighted by Gasteiger charge is 2.45. The summed E-state index contributed by atoms with van der Waals surface area (Å²) in [6, 6.07) is 24.3. The number of nitrogen functional groups attached to an aromatic ring is 1. The number of hydrogen-bond donors (Lipinski definition) is 6. The molecule has 5 atom stereocenters. The van der Waals surface area contributed by atoms with E-state index in [-0.39, 0.29) is 66.9 Å². The molecule has 6 heterocycles. The number of piperidine rings is 1. The van der Waals surface area contributed by atoms with Crippen molar-refractivity contribution in [1.82, 2.24) is 46.0 Å². The summed E-state index contributed by atoms with van der Waals surface area (Å²) in [5.74, 6) is 0.835. The molecule has 7 N–H and O–H groups in total. The van der Waals surface area contributed by atoms with Gasteiger partial charge in [-0.1, -0.05) is 81.4 Å². The summed E-state index contributed by atoms with van der Waals surface area (Å²) in [6.07, 6.45) is 8.01. The van der Waals surface area contributed by atoms with Gasteiger partial charge in [0.15, 0.2) is 5.82 Å². The van der Waals surface area contributed by atoms with E-state index in [1.807, 2.05) is 88.1 Å². The molecule has 3 aromatic carbocycles. The van der Waals surface area contributed by atoms with Gasteiger partial charge in [0.2, 0.25) is 17.7 Å². The fourth-order valence-electron chi connectivity index (χ4n) is 11.4. The van der Waals surface area contributed by atoms with Crippen molar-refractivity contribution in [3.05, 3.63) is 119 Å². The molecule has 380 valence electrons. The van der Waals surface area contributed by atoms with E-state index < -0.39 is 23.6 Å². The molecule has 3 aromatic heterocycles. The molecule has 4 fully saturated rings. The first-order valence-electron chi connectivity index (χ1n) is 25.6. The second kappa shape index (κ2) is 21.0. The number of rotatable bonds is 12. The highest BCUT2D eigenvalue weighted by Crippen LogP contribution is 2.39. The largest absolute Gasteiger partial charge is 0.507 e. The first-order chi connectivity index (χ1) is 35.1. The van der Waals surface area contributed by atoms with Crippen molar-refractivity contribution < 1.29 is 24.6 Å². The maximum Gasteiger partial charge on any atom is 0.246 e. The molecular weight excluding hydrogens is 939 g/mol. The summed E-state index contributed by atoms with van der Waals surface area (Å²) in [6.45, 7) is 9.54. The molecule has 16 nitrogen and oxygen atoms in total. The van der Waals surface area contributed by atoms with Crippen molar-refractivity contribution in [2.75, 3.05) is 30.3 Å². The molecule has 3 aliphatic heterocycles. The van der Waals surface area contributed by atoms with E-state index in [1.54, 1.807) is 23.5 Å². The summed E-state index contributed by atoms with van der Waals surface area (Å²) in [5, 5.41) is 39.5. The second-order valence-corrected chi connectivity index (χ2v) is 22.4. The average molecular weight is 1000 g/mol. The lowest BCUT2D eigenvalue weighted by Gasteiger charge is -2.46. The number of nitrogens with zero attached hydrogens (tertiary/aromatic N) is 7. The Kier molecular flexibility index (Phi) is 14.3. The van der Waals surface area contributed by atoms with Crippen molar-refractivity contribution in [1.29, 1.82) is 0 Å². The first kappa shape index (κ1) is 49.7. The normalized spacial score (nSPS) is 23.4. The Hall–Kier alpha value is -6.82. The first-order valence-corrected chi connectivity index (χ1v) is 26.4. The molecule has 0 radical (unpaired) electrons. The number of nitrogens with two attached hydrogens (primary N) is 1. The number of thiazole rings is 1. The number of phenols is 1. The molecular formula is C56H65N11O5S. The molecule has 17 heteroatoms.